The molecule has 0 saturated heterocycles. The molecule has 1 N–H and O–H groups in total. The Morgan fingerprint density at radius 3 is 2.90 bits per heavy atom. The van der Waals surface area contributed by atoms with E-state index in [1.54, 1.807) is 0 Å². The molecule has 20 heavy (non-hydrogen) atoms. The van der Waals surface area contributed by atoms with Gasteiger partial charge in [-0.15, -0.1) is 0 Å². The molecule has 0 atom stereocenters. The van der Waals surface area contributed by atoms with E-state index in [1.165, 1.54) is 42.4 Å². The van der Waals surface area contributed by atoms with Gasteiger partial charge >= 0.3 is 0 Å². The minimum absolute atomic E-state index is 0.822. The Morgan fingerprint density at radius 1 is 1.10 bits per heavy atom. The number of fused-ring (bicyclic) bond motifs is 1. The van der Waals surface area contributed by atoms with Gasteiger partial charge in [0.25, 0.3) is 0 Å². The summed E-state index contributed by atoms with van der Waals surface area (Å²) in [4.78, 5) is 0. The molecule has 2 heteroatoms. The van der Waals surface area contributed by atoms with Crippen LogP contribution in [0.3, 0.4) is 0 Å². The van der Waals surface area contributed by atoms with Gasteiger partial charge < -0.3 is 9.73 Å². The van der Waals surface area contributed by atoms with E-state index in [0.29, 0.717) is 0 Å². The fourth-order valence-electron chi connectivity index (χ4n) is 3.02. The maximum Gasteiger partial charge on any atom is 0.134 e. The minimum Gasteiger partial charge on any atom is -0.460 e. The highest BCUT2D eigenvalue weighted by Gasteiger charge is 2.15. The minimum atomic E-state index is 0.822. The van der Waals surface area contributed by atoms with Gasteiger partial charge in [0, 0.05) is 5.56 Å². The largest absolute Gasteiger partial charge is 0.460 e. The number of furan rings is 1. The lowest BCUT2D eigenvalue weighted by Gasteiger charge is -2.18. The first-order chi connectivity index (χ1) is 9.88. The molecule has 0 saturated carbocycles. The molecule has 3 rings (SSSR count). The Balaban J connectivity index is 1.82. The summed E-state index contributed by atoms with van der Waals surface area (Å²) >= 11 is 0. The Kier molecular flexibility index (Phi) is 4.22. The van der Waals surface area contributed by atoms with Crippen LogP contribution in [0.25, 0.3) is 11.3 Å². The Hall–Kier alpha value is -1.54. The van der Waals surface area contributed by atoms with Gasteiger partial charge in [0.1, 0.15) is 11.5 Å². The molecule has 1 aliphatic carbocycles. The van der Waals surface area contributed by atoms with E-state index in [9.17, 15) is 0 Å². The van der Waals surface area contributed by atoms with Crippen LogP contribution in [0.2, 0.25) is 0 Å². The van der Waals surface area contributed by atoms with Gasteiger partial charge in [-0.05, 0) is 61.9 Å². The number of benzene rings is 1. The third-order valence-electron chi connectivity index (χ3n) is 4.05. The van der Waals surface area contributed by atoms with Crippen LogP contribution in [0.5, 0.6) is 0 Å². The molecule has 106 valence electrons. The number of aryl methyl sites for hydroxylation is 1. The number of nitrogens with one attached hydrogen (secondary N) is 1. The van der Waals surface area contributed by atoms with Crippen LogP contribution < -0.4 is 5.32 Å². The lowest BCUT2D eigenvalue weighted by molar-refractivity contribution is 0.493. The van der Waals surface area contributed by atoms with Crippen LogP contribution in [-0.4, -0.2) is 6.54 Å². The summed E-state index contributed by atoms with van der Waals surface area (Å²) in [6, 6.07) is 10.8. The number of hydrogen-bond acceptors (Lipinski definition) is 2. The highest BCUT2D eigenvalue weighted by Crippen LogP contribution is 2.32. The molecule has 0 fully saturated rings. The fourth-order valence-corrected chi connectivity index (χ4v) is 3.02. The average Bonchev–Trinajstić information content (AvgIpc) is 2.96. The van der Waals surface area contributed by atoms with Crippen LogP contribution in [-0.2, 0) is 19.4 Å². The average molecular weight is 269 g/mol. The monoisotopic (exact) mass is 269 g/mol. The third-order valence-corrected chi connectivity index (χ3v) is 4.05. The van der Waals surface area contributed by atoms with Crippen molar-refractivity contribution in [2.45, 2.75) is 45.6 Å². The smallest absolute Gasteiger partial charge is 0.134 e. The SMILES string of the molecule is CCCNCc1ccc(-c2cccc3c2CCCC3)o1. The lowest BCUT2D eigenvalue weighted by atomic mass is 9.87. The number of hydrogen-bond donors (Lipinski definition) is 1. The molecule has 0 bridgehead atoms. The summed E-state index contributed by atoms with van der Waals surface area (Å²) in [7, 11) is 0. The Labute approximate surface area is 121 Å². The van der Waals surface area contributed by atoms with E-state index in [4.69, 9.17) is 4.42 Å². The van der Waals surface area contributed by atoms with Crippen molar-refractivity contribution < 1.29 is 4.42 Å². The van der Waals surface area contributed by atoms with Crippen molar-refractivity contribution >= 4 is 0 Å². The second-order valence-corrected chi connectivity index (χ2v) is 5.59. The van der Waals surface area contributed by atoms with Crippen molar-refractivity contribution in [3.8, 4) is 11.3 Å². The molecule has 1 aromatic heterocycles. The van der Waals surface area contributed by atoms with Gasteiger partial charge in [-0.2, -0.15) is 0 Å². The van der Waals surface area contributed by atoms with Crippen molar-refractivity contribution in [3.63, 3.8) is 0 Å². The van der Waals surface area contributed by atoms with E-state index >= 15 is 0 Å². The van der Waals surface area contributed by atoms with E-state index < -0.39 is 0 Å². The molecular weight excluding hydrogens is 246 g/mol. The van der Waals surface area contributed by atoms with E-state index in [2.05, 4.69) is 42.6 Å². The maximum absolute atomic E-state index is 6.02. The Bertz CT molecular complexity index is 571. The summed E-state index contributed by atoms with van der Waals surface area (Å²) in [6.07, 6.45) is 6.18. The summed E-state index contributed by atoms with van der Waals surface area (Å²) in [5.41, 5.74) is 4.31. The first-order valence-electron chi connectivity index (χ1n) is 7.79. The molecule has 2 nitrogen and oxygen atoms in total. The maximum atomic E-state index is 6.02. The molecule has 0 spiro atoms. The molecule has 1 aromatic carbocycles. The zero-order valence-corrected chi connectivity index (χ0v) is 12.2. The Morgan fingerprint density at radius 2 is 2.00 bits per heavy atom. The second kappa shape index (κ2) is 6.27. The third kappa shape index (κ3) is 2.80. The molecular formula is C18H23NO. The molecule has 0 amide bonds. The number of rotatable bonds is 5. The van der Waals surface area contributed by atoms with E-state index in [0.717, 1.165) is 31.0 Å². The topological polar surface area (TPSA) is 25.2 Å². The standard InChI is InChI=1S/C18H23NO/c1-2-12-19-13-15-10-11-18(20-15)17-9-5-7-14-6-3-4-8-16(14)17/h5,7,9-11,19H,2-4,6,8,12-13H2,1H3. The first-order valence-corrected chi connectivity index (χ1v) is 7.79. The van der Waals surface area contributed by atoms with Crippen molar-refractivity contribution in [1.29, 1.82) is 0 Å². The van der Waals surface area contributed by atoms with Crippen molar-refractivity contribution in [2.75, 3.05) is 6.54 Å². The zero-order chi connectivity index (χ0) is 13.8. The van der Waals surface area contributed by atoms with Crippen LogP contribution in [0.4, 0.5) is 0 Å². The van der Waals surface area contributed by atoms with Crippen LogP contribution in [0.1, 0.15) is 43.1 Å². The first kappa shape index (κ1) is 13.4. The molecule has 0 aliphatic heterocycles. The summed E-state index contributed by atoms with van der Waals surface area (Å²) in [6.45, 7) is 4.04. The molecule has 0 radical (unpaired) electrons. The lowest BCUT2D eigenvalue weighted by Crippen LogP contribution is -2.12. The molecule has 1 heterocycles. The van der Waals surface area contributed by atoms with Crippen LogP contribution in [0.15, 0.2) is 34.7 Å². The normalized spacial score (nSPS) is 14.2. The van der Waals surface area contributed by atoms with Crippen LogP contribution >= 0.6 is 0 Å². The van der Waals surface area contributed by atoms with Crippen LogP contribution in [0, 0.1) is 0 Å². The predicted molar refractivity (Wildman–Crippen MR) is 82.8 cm³/mol. The van der Waals surface area contributed by atoms with Gasteiger partial charge in [-0.25, -0.2) is 0 Å². The molecule has 1 aliphatic rings. The van der Waals surface area contributed by atoms with E-state index in [-0.39, 0.29) is 0 Å². The van der Waals surface area contributed by atoms with Crippen molar-refractivity contribution in [2.24, 2.45) is 0 Å². The fraction of sp³-hybridized carbons (Fsp3) is 0.444. The van der Waals surface area contributed by atoms with Gasteiger partial charge in [-0.3, -0.25) is 0 Å². The quantitative estimate of drug-likeness (QED) is 0.817. The van der Waals surface area contributed by atoms with Crippen molar-refractivity contribution in [3.05, 3.63) is 47.2 Å². The molecule has 0 unspecified atom stereocenters. The molecule has 2 aromatic rings. The summed E-state index contributed by atoms with van der Waals surface area (Å²) < 4.78 is 6.02. The highest BCUT2D eigenvalue weighted by molar-refractivity contribution is 5.64. The van der Waals surface area contributed by atoms with E-state index in [1.807, 2.05) is 0 Å². The second-order valence-electron chi connectivity index (χ2n) is 5.59. The van der Waals surface area contributed by atoms with Gasteiger partial charge in [0.05, 0.1) is 6.54 Å². The highest BCUT2D eigenvalue weighted by atomic mass is 16.3. The summed E-state index contributed by atoms with van der Waals surface area (Å²) in [5, 5.41) is 3.38. The zero-order valence-electron chi connectivity index (χ0n) is 12.2. The van der Waals surface area contributed by atoms with Gasteiger partial charge in [0.15, 0.2) is 0 Å². The summed E-state index contributed by atoms with van der Waals surface area (Å²) in [5.74, 6) is 2.05. The van der Waals surface area contributed by atoms with Gasteiger partial charge in [-0.1, -0.05) is 25.1 Å². The van der Waals surface area contributed by atoms with Crippen molar-refractivity contribution in [1.82, 2.24) is 5.32 Å². The predicted octanol–water partition coefficient (Wildman–Crippen LogP) is 4.33. The van der Waals surface area contributed by atoms with Gasteiger partial charge in [0.2, 0.25) is 0 Å².